The number of benzene rings is 2. The van der Waals surface area contributed by atoms with Crippen molar-refractivity contribution in [1.29, 1.82) is 0 Å². The van der Waals surface area contributed by atoms with Crippen LogP contribution in [0.4, 0.5) is 10.5 Å². The molecule has 0 aliphatic rings. The van der Waals surface area contributed by atoms with E-state index in [0.29, 0.717) is 16.4 Å². The second kappa shape index (κ2) is 7.67. The summed E-state index contributed by atoms with van der Waals surface area (Å²) in [7, 11) is 0. The van der Waals surface area contributed by atoms with Gasteiger partial charge in [0, 0.05) is 11.3 Å². The number of rotatable bonds is 6. The number of hydrogen-bond acceptors (Lipinski definition) is 4. The van der Waals surface area contributed by atoms with Gasteiger partial charge in [-0.05, 0) is 29.8 Å². The number of primary amides is 1. The van der Waals surface area contributed by atoms with Crippen LogP contribution in [0.15, 0.2) is 66.0 Å². The number of Topliss-reactive ketones (excluding diaryl/α,β-unsaturated/α-hetero) is 1. The number of nitrogens with two attached hydrogens (primary N) is 1. The molecule has 0 radical (unpaired) electrons. The number of carbonyl (C=O) groups is 2. The van der Waals surface area contributed by atoms with E-state index in [1.807, 2.05) is 30.3 Å². The van der Waals surface area contributed by atoms with Gasteiger partial charge in [-0.2, -0.15) is 0 Å². The minimum atomic E-state index is -0.637. The molecule has 6 nitrogen and oxygen atoms in total. The van der Waals surface area contributed by atoms with Gasteiger partial charge < -0.3 is 16.0 Å². The Kier molecular flexibility index (Phi) is 5.15. The van der Waals surface area contributed by atoms with Gasteiger partial charge in [-0.15, -0.1) is 0 Å². The van der Waals surface area contributed by atoms with E-state index in [2.05, 4.69) is 15.3 Å². The van der Waals surface area contributed by atoms with Gasteiger partial charge in [0.15, 0.2) is 10.9 Å². The van der Waals surface area contributed by atoms with Crippen LogP contribution in [0.1, 0.15) is 10.4 Å². The van der Waals surface area contributed by atoms with Gasteiger partial charge in [0.1, 0.15) is 0 Å². The molecule has 2 amide bonds. The predicted octanol–water partition coefficient (Wildman–Crippen LogP) is 3.54. The molecule has 4 N–H and O–H groups in total. The zero-order chi connectivity index (χ0) is 17.6. The van der Waals surface area contributed by atoms with Gasteiger partial charge in [-0.25, -0.2) is 9.78 Å². The van der Waals surface area contributed by atoms with Crippen LogP contribution in [0, 0.1) is 0 Å². The van der Waals surface area contributed by atoms with Gasteiger partial charge in [-0.3, -0.25) is 4.79 Å². The lowest BCUT2D eigenvalue weighted by atomic mass is 10.1. The van der Waals surface area contributed by atoms with Crippen molar-refractivity contribution in [3.8, 4) is 11.3 Å². The molecule has 3 rings (SSSR count). The molecule has 1 aromatic heterocycles. The zero-order valence-corrected chi connectivity index (χ0v) is 14.0. The Bertz CT molecular complexity index is 876. The Balaban J connectivity index is 1.59. The molecule has 0 aliphatic heterocycles. The van der Waals surface area contributed by atoms with E-state index < -0.39 is 6.03 Å². The van der Waals surface area contributed by atoms with E-state index in [9.17, 15) is 9.59 Å². The quantitative estimate of drug-likeness (QED) is 0.466. The molecule has 2 aromatic carbocycles. The largest absolute Gasteiger partial charge is 0.351 e. The SMILES string of the molecule is NC(=O)Nc1ccc(C(=O)CSc2ncc(-c3ccccc3)[nH]2)cc1. The van der Waals surface area contributed by atoms with E-state index in [4.69, 9.17) is 5.73 Å². The van der Waals surface area contributed by atoms with Crippen LogP contribution in [-0.4, -0.2) is 27.5 Å². The molecule has 0 saturated carbocycles. The van der Waals surface area contributed by atoms with Gasteiger partial charge in [0.2, 0.25) is 0 Å². The van der Waals surface area contributed by atoms with E-state index in [1.54, 1.807) is 30.5 Å². The Labute approximate surface area is 148 Å². The van der Waals surface area contributed by atoms with Crippen LogP contribution in [0.3, 0.4) is 0 Å². The highest BCUT2D eigenvalue weighted by Crippen LogP contribution is 2.22. The van der Waals surface area contributed by atoms with Crippen molar-refractivity contribution in [2.45, 2.75) is 5.16 Å². The van der Waals surface area contributed by atoms with E-state index in [1.165, 1.54) is 11.8 Å². The van der Waals surface area contributed by atoms with E-state index in [-0.39, 0.29) is 11.5 Å². The summed E-state index contributed by atoms with van der Waals surface area (Å²) in [6.07, 6.45) is 1.76. The lowest BCUT2D eigenvalue weighted by Crippen LogP contribution is -2.19. The third-order valence-electron chi connectivity index (χ3n) is 3.45. The number of ketones is 1. The average molecular weight is 352 g/mol. The topological polar surface area (TPSA) is 101 Å². The third-order valence-corrected chi connectivity index (χ3v) is 4.34. The van der Waals surface area contributed by atoms with Crippen molar-refractivity contribution in [1.82, 2.24) is 9.97 Å². The summed E-state index contributed by atoms with van der Waals surface area (Å²) >= 11 is 1.35. The fourth-order valence-corrected chi connectivity index (χ4v) is 2.98. The maximum atomic E-state index is 12.3. The maximum Gasteiger partial charge on any atom is 0.316 e. The highest BCUT2D eigenvalue weighted by atomic mass is 32.2. The number of nitrogens with zero attached hydrogens (tertiary/aromatic N) is 1. The molecule has 1 heterocycles. The third kappa shape index (κ3) is 4.48. The molecule has 7 heteroatoms. The van der Waals surface area contributed by atoms with Crippen LogP contribution in [-0.2, 0) is 0 Å². The highest BCUT2D eigenvalue weighted by Gasteiger charge is 2.09. The van der Waals surface area contributed by atoms with Crippen LogP contribution < -0.4 is 11.1 Å². The van der Waals surface area contributed by atoms with Crippen LogP contribution >= 0.6 is 11.8 Å². The van der Waals surface area contributed by atoms with Crippen LogP contribution in [0.2, 0.25) is 0 Å². The monoisotopic (exact) mass is 352 g/mol. The fraction of sp³-hybridized carbons (Fsp3) is 0.0556. The van der Waals surface area contributed by atoms with Gasteiger partial charge >= 0.3 is 6.03 Å². The summed E-state index contributed by atoms with van der Waals surface area (Å²) in [5.41, 5.74) is 8.13. The molecule has 25 heavy (non-hydrogen) atoms. The molecule has 0 atom stereocenters. The number of thioether (sulfide) groups is 1. The van der Waals surface area contributed by atoms with Crippen molar-refractivity contribution in [2.75, 3.05) is 11.1 Å². The van der Waals surface area contributed by atoms with Crippen molar-refractivity contribution >= 4 is 29.3 Å². The summed E-state index contributed by atoms with van der Waals surface area (Å²) < 4.78 is 0. The molecule has 0 aliphatic carbocycles. The molecule has 3 aromatic rings. The fourth-order valence-electron chi connectivity index (χ4n) is 2.24. The number of aromatic nitrogens is 2. The molecule has 0 saturated heterocycles. The smallest absolute Gasteiger partial charge is 0.316 e. The second-order valence-electron chi connectivity index (χ2n) is 5.25. The molecule has 0 spiro atoms. The summed E-state index contributed by atoms with van der Waals surface area (Å²) in [4.78, 5) is 30.5. The van der Waals surface area contributed by atoms with Gasteiger partial charge in [0.05, 0.1) is 17.6 Å². The molecular weight excluding hydrogens is 336 g/mol. The summed E-state index contributed by atoms with van der Waals surface area (Å²) in [6.45, 7) is 0. The number of anilines is 1. The standard InChI is InChI=1S/C18H16N4O2S/c19-17(24)21-14-8-6-13(7-9-14)16(23)11-25-18-20-10-15(22-18)12-4-2-1-3-5-12/h1-10H,11H2,(H,20,22)(H3,19,21,24). The summed E-state index contributed by atoms with van der Waals surface area (Å²) in [5.74, 6) is 0.248. The zero-order valence-electron chi connectivity index (χ0n) is 13.2. The Morgan fingerprint density at radius 1 is 1.08 bits per heavy atom. The first kappa shape index (κ1) is 16.8. The molecule has 0 fully saturated rings. The van der Waals surface area contributed by atoms with Crippen molar-refractivity contribution in [2.24, 2.45) is 5.73 Å². The van der Waals surface area contributed by atoms with Gasteiger partial charge in [-0.1, -0.05) is 42.1 Å². The van der Waals surface area contributed by atoms with Crippen molar-refractivity contribution < 1.29 is 9.59 Å². The predicted molar refractivity (Wildman–Crippen MR) is 98.7 cm³/mol. The second-order valence-corrected chi connectivity index (χ2v) is 6.21. The highest BCUT2D eigenvalue weighted by molar-refractivity contribution is 7.99. The minimum absolute atomic E-state index is 0.0201. The minimum Gasteiger partial charge on any atom is -0.351 e. The van der Waals surface area contributed by atoms with E-state index in [0.717, 1.165) is 11.3 Å². The Morgan fingerprint density at radius 2 is 1.80 bits per heavy atom. The number of amides is 2. The Hall–Kier alpha value is -3.06. The van der Waals surface area contributed by atoms with Crippen LogP contribution in [0.5, 0.6) is 0 Å². The lowest BCUT2D eigenvalue weighted by molar-refractivity contribution is 0.102. The molecule has 0 bridgehead atoms. The van der Waals surface area contributed by atoms with Crippen molar-refractivity contribution in [3.05, 3.63) is 66.4 Å². The lowest BCUT2D eigenvalue weighted by Gasteiger charge is -2.03. The first-order valence-electron chi connectivity index (χ1n) is 7.55. The summed E-state index contributed by atoms with van der Waals surface area (Å²) in [5, 5.41) is 3.15. The number of H-pyrrole nitrogens is 1. The van der Waals surface area contributed by atoms with Crippen molar-refractivity contribution in [3.63, 3.8) is 0 Å². The summed E-state index contributed by atoms with van der Waals surface area (Å²) in [6, 6.07) is 15.8. The first-order valence-corrected chi connectivity index (χ1v) is 8.53. The number of carbonyl (C=O) groups excluding carboxylic acids is 2. The Morgan fingerprint density at radius 3 is 2.48 bits per heavy atom. The normalized spacial score (nSPS) is 10.4. The van der Waals surface area contributed by atoms with Gasteiger partial charge in [0.25, 0.3) is 0 Å². The number of hydrogen-bond donors (Lipinski definition) is 3. The average Bonchev–Trinajstić information content (AvgIpc) is 3.10. The molecule has 126 valence electrons. The van der Waals surface area contributed by atoms with Crippen LogP contribution in [0.25, 0.3) is 11.3 Å². The van der Waals surface area contributed by atoms with E-state index >= 15 is 0 Å². The molecular formula is C18H16N4O2S. The first-order chi connectivity index (χ1) is 12.1. The molecule has 0 unspecified atom stereocenters. The number of imidazole rings is 1. The number of urea groups is 1. The number of aromatic amines is 1. The maximum absolute atomic E-state index is 12.3. The number of nitrogens with one attached hydrogen (secondary N) is 2.